The Morgan fingerprint density at radius 3 is 2.59 bits per heavy atom. The molecule has 0 aromatic carbocycles. The molecular formula is C12H18N3O5PS. The lowest BCUT2D eigenvalue weighted by Crippen LogP contribution is -2.47. The van der Waals surface area contributed by atoms with Crippen molar-refractivity contribution in [3.8, 4) is 0 Å². The molecule has 1 aromatic rings. The zero-order valence-electron chi connectivity index (χ0n) is 11.8. The first-order chi connectivity index (χ1) is 10.3. The number of nitrogens with one attached hydrogen (secondary N) is 1. The molecule has 22 heavy (non-hydrogen) atoms. The van der Waals surface area contributed by atoms with E-state index in [1.54, 1.807) is 6.07 Å². The molecule has 0 saturated carbocycles. The average molecular weight is 347 g/mol. The lowest BCUT2D eigenvalue weighted by atomic mass is 10.0. The molecule has 0 radical (unpaired) electrons. The van der Waals surface area contributed by atoms with Crippen LogP contribution in [0.25, 0.3) is 0 Å². The van der Waals surface area contributed by atoms with Gasteiger partial charge in [0.1, 0.15) is 0 Å². The Hall–Kier alpha value is -0.830. The van der Waals surface area contributed by atoms with Gasteiger partial charge in [-0.25, -0.2) is 13.4 Å². The summed E-state index contributed by atoms with van der Waals surface area (Å²) in [6.45, 7) is 2.00. The van der Waals surface area contributed by atoms with E-state index in [9.17, 15) is 22.8 Å². The van der Waals surface area contributed by atoms with E-state index in [2.05, 4.69) is 10.3 Å². The van der Waals surface area contributed by atoms with Gasteiger partial charge in [0.25, 0.3) is 0 Å². The van der Waals surface area contributed by atoms with E-state index in [1.807, 2.05) is 4.90 Å². The summed E-state index contributed by atoms with van der Waals surface area (Å²) in [6, 6.07) is 2.87. The van der Waals surface area contributed by atoms with Crippen molar-refractivity contribution in [3.05, 3.63) is 23.4 Å². The Morgan fingerprint density at radius 1 is 1.27 bits per heavy atom. The fourth-order valence-corrected chi connectivity index (χ4v) is 4.61. The molecule has 2 aliphatic heterocycles. The molecule has 122 valence electrons. The van der Waals surface area contributed by atoms with Crippen LogP contribution in [-0.2, 0) is 20.9 Å². The summed E-state index contributed by atoms with van der Waals surface area (Å²) in [7, 11) is -7.37. The van der Waals surface area contributed by atoms with Crippen LogP contribution in [0, 0.1) is 0 Å². The molecule has 3 rings (SSSR count). The Morgan fingerprint density at radius 2 is 1.95 bits per heavy atom. The van der Waals surface area contributed by atoms with Crippen molar-refractivity contribution in [2.24, 2.45) is 0 Å². The molecule has 1 aromatic heterocycles. The normalized spacial score (nSPS) is 25.6. The van der Waals surface area contributed by atoms with Crippen LogP contribution in [0.15, 0.2) is 12.1 Å². The van der Waals surface area contributed by atoms with E-state index in [4.69, 9.17) is 0 Å². The summed E-state index contributed by atoms with van der Waals surface area (Å²) in [5, 5.41) is 3.24. The summed E-state index contributed by atoms with van der Waals surface area (Å²) in [5.74, 6) is 0.216. The first-order valence-electron chi connectivity index (χ1n) is 6.97. The van der Waals surface area contributed by atoms with Crippen molar-refractivity contribution < 1.29 is 22.8 Å². The van der Waals surface area contributed by atoms with Crippen LogP contribution in [0.4, 0.5) is 0 Å². The van der Waals surface area contributed by atoms with Gasteiger partial charge in [-0.05, 0) is 11.6 Å². The average Bonchev–Trinajstić information content (AvgIpc) is 2.45. The van der Waals surface area contributed by atoms with Crippen LogP contribution in [0.3, 0.4) is 0 Å². The third-order valence-electron chi connectivity index (χ3n) is 4.08. The number of sulfone groups is 1. The zero-order valence-corrected chi connectivity index (χ0v) is 13.6. The highest BCUT2D eigenvalue weighted by Crippen LogP contribution is 2.34. The Balaban J connectivity index is 1.92. The molecule has 3 heterocycles. The molecule has 1 fully saturated rings. The lowest BCUT2D eigenvalue weighted by molar-refractivity contribution is 0.196. The highest BCUT2D eigenvalue weighted by atomic mass is 32.2. The summed E-state index contributed by atoms with van der Waals surface area (Å²) in [6.07, 6.45) is 0. The second kappa shape index (κ2) is 5.67. The minimum atomic E-state index is -4.40. The minimum Gasteiger partial charge on any atom is -0.320 e. The van der Waals surface area contributed by atoms with E-state index in [0.717, 1.165) is 5.56 Å². The fourth-order valence-electron chi connectivity index (χ4n) is 2.87. The summed E-state index contributed by atoms with van der Waals surface area (Å²) >= 11 is 0. The number of pyridine rings is 1. The lowest BCUT2D eigenvalue weighted by Gasteiger charge is -2.37. The molecule has 0 aliphatic carbocycles. The second-order valence-corrected chi connectivity index (χ2v) is 9.44. The molecule has 1 unspecified atom stereocenters. The first kappa shape index (κ1) is 16.0. The van der Waals surface area contributed by atoms with Gasteiger partial charge in [-0.2, -0.15) is 0 Å². The van der Waals surface area contributed by atoms with Gasteiger partial charge in [-0.15, -0.1) is 0 Å². The number of fused-ring (bicyclic) bond motifs is 1. The van der Waals surface area contributed by atoms with Gasteiger partial charge in [0.05, 0.1) is 23.2 Å². The largest absolute Gasteiger partial charge is 0.374 e. The summed E-state index contributed by atoms with van der Waals surface area (Å²) in [4.78, 5) is 24.8. The summed E-state index contributed by atoms with van der Waals surface area (Å²) in [5.41, 5.74) is 1.29. The fraction of sp³-hybridized carbons (Fsp3) is 0.583. The van der Waals surface area contributed by atoms with Crippen molar-refractivity contribution in [1.29, 1.82) is 0 Å². The molecule has 1 saturated heterocycles. The third-order valence-corrected chi connectivity index (χ3v) is 6.54. The van der Waals surface area contributed by atoms with E-state index in [1.165, 1.54) is 6.07 Å². The Labute approximate surface area is 128 Å². The Kier molecular flexibility index (Phi) is 4.13. The number of hydrogen-bond acceptors (Lipinski definition) is 6. The highest BCUT2D eigenvalue weighted by molar-refractivity contribution is 7.91. The van der Waals surface area contributed by atoms with Crippen LogP contribution < -0.4 is 10.8 Å². The molecule has 8 nitrogen and oxygen atoms in total. The third kappa shape index (κ3) is 3.24. The maximum absolute atomic E-state index is 11.5. The van der Waals surface area contributed by atoms with E-state index in [0.29, 0.717) is 31.9 Å². The maximum Gasteiger partial charge on any atom is 0.374 e. The van der Waals surface area contributed by atoms with Crippen molar-refractivity contribution in [3.63, 3.8) is 0 Å². The second-order valence-electron chi connectivity index (χ2n) is 5.59. The molecule has 0 spiro atoms. The molecule has 2 aliphatic rings. The number of aromatic nitrogens is 1. The Bertz CT molecular complexity index is 718. The predicted octanol–water partition coefficient (Wildman–Crippen LogP) is -1.24. The van der Waals surface area contributed by atoms with Gasteiger partial charge in [0, 0.05) is 26.2 Å². The van der Waals surface area contributed by atoms with Crippen LogP contribution in [0.1, 0.15) is 17.3 Å². The van der Waals surface area contributed by atoms with Gasteiger partial charge < -0.3 is 15.1 Å². The number of hydrogen-bond donors (Lipinski definition) is 3. The number of nitrogens with zero attached hydrogens (tertiary/aromatic N) is 2. The van der Waals surface area contributed by atoms with E-state index < -0.39 is 17.4 Å². The van der Waals surface area contributed by atoms with Crippen LogP contribution >= 0.6 is 7.60 Å². The summed E-state index contributed by atoms with van der Waals surface area (Å²) < 4.78 is 34.5. The molecule has 0 amide bonds. The standard InChI is InChI=1S/C12H18N3O5PS/c16-21(17,18)11-2-1-9-7-13-8-10(12(9)14-11)15-3-5-22(19,20)6-4-15/h1-2,10,13H,3-8H2,(H2,16,17,18). The van der Waals surface area contributed by atoms with Crippen LogP contribution in [0.5, 0.6) is 0 Å². The SMILES string of the molecule is O=P(O)(O)c1ccc2c(n1)C(N1CCS(=O)(=O)CC1)CNC2. The van der Waals surface area contributed by atoms with Crippen LogP contribution in [-0.4, -0.2) is 59.2 Å². The highest BCUT2D eigenvalue weighted by Gasteiger charge is 2.33. The topological polar surface area (TPSA) is 120 Å². The van der Waals surface area contributed by atoms with Crippen molar-refractivity contribution in [2.75, 3.05) is 31.1 Å². The van der Waals surface area contributed by atoms with Crippen LogP contribution in [0.2, 0.25) is 0 Å². The quantitative estimate of drug-likeness (QED) is 0.568. The molecule has 1 atom stereocenters. The van der Waals surface area contributed by atoms with E-state index >= 15 is 0 Å². The van der Waals surface area contributed by atoms with Gasteiger partial charge >= 0.3 is 7.60 Å². The van der Waals surface area contributed by atoms with Gasteiger partial charge in [-0.1, -0.05) is 6.07 Å². The smallest absolute Gasteiger partial charge is 0.320 e. The molecule has 0 bridgehead atoms. The van der Waals surface area contributed by atoms with Crippen molar-refractivity contribution >= 4 is 22.9 Å². The van der Waals surface area contributed by atoms with Gasteiger partial charge in [0.15, 0.2) is 15.3 Å². The predicted molar refractivity (Wildman–Crippen MR) is 80.6 cm³/mol. The van der Waals surface area contributed by atoms with Crippen molar-refractivity contribution in [1.82, 2.24) is 15.2 Å². The van der Waals surface area contributed by atoms with E-state index in [-0.39, 0.29) is 23.0 Å². The monoisotopic (exact) mass is 347 g/mol. The molecule has 10 heteroatoms. The molecular weight excluding hydrogens is 329 g/mol. The van der Waals surface area contributed by atoms with Gasteiger partial charge in [-0.3, -0.25) is 9.46 Å². The van der Waals surface area contributed by atoms with Crippen molar-refractivity contribution in [2.45, 2.75) is 12.6 Å². The zero-order chi connectivity index (χ0) is 16.0. The maximum atomic E-state index is 11.5. The minimum absolute atomic E-state index is 0.108. The number of rotatable bonds is 2. The van der Waals surface area contributed by atoms with Gasteiger partial charge in [0.2, 0.25) is 0 Å². The first-order valence-corrected chi connectivity index (χ1v) is 10.4. The molecule has 3 N–H and O–H groups in total.